The Bertz CT molecular complexity index is 455. The van der Waals surface area contributed by atoms with Gasteiger partial charge in [0.25, 0.3) is 0 Å². The molecule has 0 amide bonds. The topological polar surface area (TPSA) is 53.6 Å². The first-order chi connectivity index (χ1) is 8.27. The average Bonchev–Trinajstić information content (AvgIpc) is 2.82. The molecule has 0 bridgehead atoms. The summed E-state index contributed by atoms with van der Waals surface area (Å²) in [5.74, 6) is 0.914. The van der Waals surface area contributed by atoms with Crippen LogP contribution in [0.2, 0.25) is 0 Å². The molecule has 1 heterocycles. The van der Waals surface area contributed by atoms with E-state index in [-0.39, 0.29) is 0 Å². The molecule has 0 fully saturated rings. The summed E-state index contributed by atoms with van der Waals surface area (Å²) in [5, 5.41) is 10.1. The first-order valence-electron chi connectivity index (χ1n) is 5.59. The maximum absolute atomic E-state index is 4.09. The third-order valence-corrected chi connectivity index (χ3v) is 3.37. The van der Waals surface area contributed by atoms with E-state index < -0.39 is 0 Å². The Morgan fingerprint density at radius 3 is 2.94 bits per heavy atom. The minimum Gasteiger partial charge on any atom is -0.310 e. The molecule has 0 radical (unpaired) electrons. The lowest BCUT2D eigenvalue weighted by molar-refractivity contribution is 0.569. The minimum absolute atomic E-state index is 0.313. The summed E-state index contributed by atoms with van der Waals surface area (Å²) in [6, 6.07) is 8.57. The highest BCUT2D eigenvalue weighted by Crippen LogP contribution is 2.22. The number of rotatable bonds is 5. The molecule has 1 atom stereocenters. The fourth-order valence-corrected chi connectivity index (χ4v) is 2.32. The summed E-state index contributed by atoms with van der Waals surface area (Å²) in [6.45, 7) is 3.03. The Balaban J connectivity index is 1.85. The van der Waals surface area contributed by atoms with Crippen LogP contribution in [0.3, 0.4) is 0 Å². The lowest BCUT2D eigenvalue weighted by Gasteiger charge is -2.15. The SMILES string of the molecule is CC(NCCc1ncn[nH]1)c1ccccc1Br. The van der Waals surface area contributed by atoms with Gasteiger partial charge in [0, 0.05) is 23.5 Å². The molecular weight excluding hydrogens is 280 g/mol. The Hall–Kier alpha value is -1.20. The maximum atomic E-state index is 4.09. The second-order valence-corrected chi connectivity index (χ2v) is 4.73. The molecule has 0 aliphatic rings. The van der Waals surface area contributed by atoms with Crippen molar-refractivity contribution < 1.29 is 0 Å². The molecule has 0 aliphatic carbocycles. The number of aromatic nitrogens is 3. The number of nitrogens with zero attached hydrogens (tertiary/aromatic N) is 2. The van der Waals surface area contributed by atoms with Gasteiger partial charge in [0.15, 0.2) is 0 Å². The van der Waals surface area contributed by atoms with Gasteiger partial charge in [-0.15, -0.1) is 0 Å². The summed E-state index contributed by atoms with van der Waals surface area (Å²) in [7, 11) is 0. The van der Waals surface area contributed by atoms with Crippen molar-refractivity contribution in [2.24, 2.45) is 0 Å². The van der Waals surface area contributed by atoms with Gasteiger partial charge in [-0.1, -0.05) is 34.1 Å². The van der Waals surface area contributed by atoms with Gasteiger partial charge in [0.2, 0.25) is 0 Å². The van der Waals surface area contributed by atoms with Crippen LogP contribution >= 0.6 is 15.9 Å². The van der Waals surface area contributed by atoms with E-state index >= 15 is 0 Å². The molecule has 0 aliphatic heterocycles. The van der Waals surface area contributed by atoms with E-state index in [1.807, 2.05) is 6.07 Å². The zero-order valence-corrected chi connectivity index (χ0v) is 11.2. The van der Waals surface area contributed by atoms with Crippen molar-refractivity contribution in [3.8, 4) is 0 Å². The first-order valence-corrected chi connectivity index (χ1v) is 6.38. The minimum atomic E-state index is 0.313. The standard InChI is InChI=1S/C12H15BrN4/c1-9(10-4-2-3-5-11(10)13)14-7-6-12-15-8-16-17-12/h2-5,8-9,14H,6-7H2,1H3,(H,15,16,17). The van der Waals surface area contributed by atoms with Crippen molar-refractivity contribution in [3.63, 3.8) is 0 Å². The van der Waals surface area contributed by atoms with Gasteiger partial charge in [-0.05, 0) is 18.6 Å². The van der Waals surface area contributed by atoms with E-state index in [1.165, 1.54) is 11.9 Å². The largest absolute Gasteiger partial charge is 0.310 e. The molecule has 2 aromatic rings. The lowest BCUT2D eigenvalue weighted by atomic mass is 10.1. The van der Waals surface area contributed by atoms with E-state index in [0.717, 1.165) is 23.3 Å². The van der Waals surface area contributed by atoms with Crippen molar-refractivity contribution in [2.45, 2.75) is 19.4 Å². The summed E-state index contributed by atoms with van der Waals surface area (Å²) < 4.78 is 1.14. The van der Waals surface area contributed by atoms with E-state index in [9.17, 15) is 0 Å². The number of hydrogen-bond acceptors (Lipinski definition) is 3. The summed E-state index contributed by atoms with van der Waals surface area (Å²) in [5.41, 5.74) is 1.27. The van der Waals surface area contributed by atoms with Gasteiger partial charge in [-0.3, -0.25) is 5.10 Å². The Morgan fingerprint density at radius 2 is 2.24 bits per heavy atom. The fraction of sp³-hybridized carbons (Fsp3) is 0.333. The summed E-state index contributed by atoms with van der Waals surface area (Å²) >= 11 is 3.56. The summed E-state index contributed by atoms with van der Waals surface area (Å²) in [4.78, 5) is 4.09. The normalized spacial score (nSPS) is 12.6. The third kappa shape index (κ3) is 3.38. The van der Waals surface area contributed by atoms with Crippen LogP contribution in [0.5, 0.6) is 0 Å². The predicted octanol–water partition coefficient (Wildman–Crippen LogP) is 2.46. The van der Waals surface area contributed by atoms with Crippen molar-refractivity contribution in [1.29, 1.82) is 0 Å². The van der Waals surface area contributed by atoms with Gasteiger partial charge in [0.1, 0.15) is 12.2 Å². The van der Waals surface area contributed by atoms with Crippen LogP contribution in [0.1, 0.15) is 24.4 Å². The van der Waals surface area contributed by atoms with Crippen LogP contribution in [0, 0.1) is 0 Å². The number of H-pyrrole nitrogens is 1. The molecule has 5 heteroatoms. The number of aromatic amines is 1. The van der Waals surface area contributed by atoms with Crippen LogP contribution in [-0.2, 0) is 6.42 Å². The van der Waals surface area contributed by atoms with Crippen molar-refractivity contribution in [1.82, 2.24) is 20.5 Å². The van der Waals surface area contributed by atoms with Crippen LogP contribution < -0.4 is 5.32 Å². The Morgan fingerprint density at radius 1 is 1.41 bits per heavy atom. The first kappa shape index (κ1) is 12.3. The number of benzene rings is 1. The Labute approximate surface area is 109 Å². The molecule has 1 aromatic heterocycles. The highest BCUT2D eigenvalue weighted by atomic mass is 79.9. The molecule has 1 aromatic carbocycles. The number of hydrogen-bond donors (Lipinski definition) is 2. The highest BCUT2D eigenvalue weighted by Gasteiger charge is 2.07. The molecule has 17 heavy (non-hydrogen) atoms. The molecule has 2 N–H and O–H groups in total. The van der Waals surface area contributed by atoms with E-state index in [4.69, 9.17) is 0 Å². The zero-order valence-electron chi connectivity index (χ0n) is 9.65. The average molecular weight is 295 g/mol. The van der Waals surface area contributed by atoms with Crippen LogP contribution in [-0.4, -0.2) is 21.7 Å². The predicted molar refractivity (Wildman–Crippen MR) is 70.6 cm³/mol. The van der Waals surface area contributed by atoms with Crippen molar-refractivity contribution in [2.75, 3.05) is 6.54 Å². The van der Waals surface area contributed by atoms with Gasteiger partial charge in [0.05, 0.1) is 0 Å². The fourth-order valence-electron chi connectivity index (χ4n) is 1.69. The highest BCUT2D eigenvalue weighted by molar-refractivity contribution is 9.10. The molecule has 4 nitrogen and oxygen atoms in total. The molecule has 2 rings (SSSR count). The van der Waals surface area contributed by atoms with Gasteiger partial charge < -0.3 is 5.32 Å². The quantitative estimate of drug-likeness (QED) is 0.891. The molecule has 90 valence electrons. The third-order valence-electron chi connectivity index (χ3n) is 2.65. The molecule has 0 spiro atoms. The number of halogens is 1. The van der Waals surface area contributed by atoms with E-state index in [1.54, 1.807) is 0 Å². The second kappa shape index (κ2) is 5.93. The van der Waals surface area contributed by atoms with Crippen LogP contribution in [0.15, 0.2) is 35.1 Å². The van der Waals surface area contributed by atoms with Crippen molar-refractivity contribution in [3.05, 3.63) is 46.5 Å². The smallest absolute Gasteiger partial charge is 0.137 e. The monoisotopic (exact) mass is 294 g/mol. The zero-order chi connectivity index (χ0) is 12.1. The summed E-state index contributed by atoms with van der Waals surface area (Å²) in [6.07, 6.45) is 2.39. The van der Waals surface area contributed by atoms with Gasteiger partial charge in [-0.25, -0.2) is 4.98 Å². The van der Waals surface area contributed by atoms with E-state index in [0.29, 0.717) is 6.04 Å². The molecule has 1 unspecified atom stereocenters. The maximum Gasteiger partial charge on any atom is 0.137 e. The molecule has 0 saturated heterocycles. The van der Waals surface area contributed by atoms with Crippen molar-refractivity contribution >= 4 is 15.9 Å². The van der Waals surface area contributed by atoms with Gasteiger partial charge in [-0.2, -0.15) is 5.10 Å². The van der Waals surface area contributed by atoms with Crippen LogP contribution in [0.4, 0.5) is 0 Å². The van der Waals surface area contributed by atoms with Crippen LogP contribution in [0.25, 0.3) is 0 Å². The molecular formula is C12H15BrN4. The van der Waals surface area contributed by atoms with E-state index in [2.05, 4.69) is 61.6 Å². The Kier molecular flexibility index (Phi) is 4.28. The molecule has 0 saturated carbocycles. The lowest BCUT2D eigenvalue weighted by Crippen LogP contribution is -2.22. The van der Waals surface area contributed by atoms with Gasteiger partial charge >= 0.3 is 0 Å². The second-order valence-electron chi connectivity index (χ2n) is 3.88. The number of nitrogens with one attached hydrogen (secondary N) is 2.